The van der Waals surface area contributed by atoms with Crippen LogP contribution >= 0.6 is 23.1 Å². The minimum absolute atomic E-state index is 0.238. The van der Waals surface area contributed by atoms with Crippen molar-refractivity contribution in [2.75, 3.05) is 17.3 Å². The monoisotopic (exact) mass is 397 g/mol. The Bertz CT molecular complexity index is 1060. The van der Waals surface area contributed by atoms with E-state index in [0.29, 0.717) is 5.13 Å². The van der Waals surface area contributed by atoms with Gasteiger partial charge in [0.25, 0.3) is 11.8 Å². The SMILES string of the molecule is CCc1ccc2nc(NC(=O)C3(C)Sc4ccccc4N(C)C3=O)sc2c1. The van der Waals surface area contributed by atoms with E-state index >= 15 is 0 Å². The van der Waals surface area contributed by atoms with Gasteiger partial charge in [0.2, 0.25) is 0 Å². The highest BCUT2D eigenvalue weighted by molar-refractivity contribution is 8.02. The number of rotatable bonds is 3. The molecular weight excluding hydrogens is 378 g/mol. The predicted octanol–water partition coefficient (Wildman–Crippen LogP) is 4.32. The fraction of sp³-hybridized carbons (Fsp3) is 0.250. The van der Waals surface area contributed by atoms with Gasteiger partial charge >= 0.3 is 0 Å². The van der Waals surface area contributed by atoms with Gasteiger partial charge in [-0.2, -0.15) is 0 Å². The van der Waals surface area contributed by atoms with Crippen LogP contribution in [-0.2, 0) is 16.0 Å². The van der Waals surface area contributed by atoms with Crippen LogP contribution in [0.5, 0.6) is 0 Å². The van der Waals surface area contributed by atoms with Crippen LogP contribution < -0.4 is 10.2 Å². The number of aryl methyl sites for hydroxylation is 1. The number of anilines is 2. The lowest BCUT2D eigenvalue weighted by Crippen LogP contribution is -2.53. The molecule has 0 bridgehead atoms. The van der Waals surface area contributed by atoms with Crippen LogP contribution in [-0.4, -0.2) is 28.6 Å². The number of aromatic nitrogens is 1. The van der Waals surface area contributed by atoms with Gasteiger partial charge in [-0.25, -0.2) is 4.98 Å². The number of amides is 2. The molecule has 0 radical (unpaired) electrons. The topological polar surface area (TPSA) is 62.3 Å². The number of nitrogens with zero attached hydrogens (tertiary/aromatic N) is 2. The lowest BCUT2D eigenvalue weighted by atomic mass is 10.1. The van der Waals surface area contributed by atoms with E-state index in [2.05, 4.69) is 23.3 Å². The largest absolute Gasteiger partial charge is 0.313 e. The van der Waals surface area contributed by atoms with Gasteiger partial charge in [0.05, 0.1) is 15.9 Å². The molecule has 0 spiro atoms. The highest BCUT2D eigenvalue weighted by Crippen LogP contribution is 2.45. The summed E-state index contributed by atoms with van der Waals surface area (Å²) in [5.41, 5.74) is 2.90. The third kappa shape index (κ3) is 3.00. The molecule has 2 aromatic carbocycles. The number of hydrogen-bond donors (Lipinski definition) is 1. The maximum absolute atomic E-state index is 13.0. The van der Waals surface area contributed by atoms with E-state index in [1.165, 1.54) is 28.7 Å². The van der Waals surface area contributed by atoms with Crippen molar-refractivity contribution in [1.29, 1.82) is 0 Å². The number of thioether (sulfide) groups is 1. The lowest BCUT2D eigenvalue weighted by Gasteiger charge is -2.36. The summed E-state index contributed by atoms with van der Waals surface area (Å²) in [6.07, 6.45) is 0.949. The number of fused-ring (bicyclic) bond motifs is 2. The van der Waals surface area contributed by atoms with Crippen LogP contribution in [0.25, 0.3) is 10.2 Å². The fourth-order valence-electron chi connectivity index (χ4n) is 3.12. The summed E-state index contributed by atoms with van der Waals surface area (Å²) in [6, 6.07) is 13.7. The molecule has 1 atom stereocenters. The predicted molar refractivity (Wildman–Crippen MR) is 112 cm³/mol. The molecule has 0 saturated carbocycles. The molecule has 4 rings (SSSR count). The molecular formula is C20H19N3O2S2. The van der Waals surface area contributed by atoms with Gasteiger partial charge in [-0.3, -0.25) is 9.59 Å². The molecule has 27 heavy (non-hydrogen) atoms. The minimum atomic E-state index is -1.24. The number of thiazole rings is 1. The molecule has 2 amide bonds. The van der Waals surface area contributed by atoms with Crippen molar-refractivity contribution in [3.63, 3.8) is 0 Å². The van der Waals surface area contributed by atoms with Crippen molar-refractivity contribution in [2.45, 2.75) is 29.9 Å². The van der Waals surface area contributed by atoms with E-state index in [9.17, 15) is 9.59 Å². The van der Waals surface area contributed by atoms with Gasteiger partial charge < -0.3 is 10.2 Å². The first-order valence-corrected chi connectivity index (χ1v) is 10.3. The quantitative estimate of drug-likeness (QED) is 0.669. The van der Waals surface area contributed by atoms with E-state index in [-0.39, 0.29) is 11.8 Å². The van der Waals surface area contributed by atoms with E-state index in [0.717, 1.165) is 27.2 Å². The van der Waals surface area contributed by atoms with Gasteiger partial charge in [0, 0.05) is 11.9 Å². The molecule has 0 saturated heterocycles. The van der Waals surface area contributed by atoms with Crippen LogP contribution in [0, 0.1) is 0 Å². The molecule has 3 aromatic rings. The number of carbonyl (C=O) groups is 2. The summed E-state index contributed by atoms with van der Waals surface area (Å²) >= 11 is 2.71. The fourth-order valence-corrected chi connectivity index (χ4v) is 5.30. The summed E-state index contributed by atoms with van der Waals surface area (Å²) in [4.78, 5) is 32.9. The zero-order valence-corrected chi connectivity index (χ0v) is 16.9. The second-order valence-corrected chi connectivity index (χ2v) is 9.09. The molecule has 1 N–H and O–H groups in total. The maximum atomic E-state index is 13.0. The van der Waals surface area contributed by atoms with Crippen LogP contribution in [0.2, 0.25) is 0 Å². The summed E-state index contributed by atoms with van der Waals surface area (Å²) < 4.78 is -0.213. The highest BCUT2D eigenvalue weighted by atomic mass is 32.2. The number of benzene rings is 2. The molecule has 1 aliphatic heterocycles. The molecule has 5 nitrogen and oxygen atoms in total. The normalized spacial score (nSPS) is 19.2. The zero-order chi connectivity index (χ0) is 19.2. The minimum Gasteiger partial charge on any atom is -0.313 e. The number of carbonyl (C=O) groups excluding carboxylic acids is 2. The highest BCUT2D eigenvalue weighted by Gasteiger charge is 2.48. The van der Waals surface area contributed by atoms with Crippen molar-refractivity contribution in [3.05, 3.63) is 48.0 Å². The molecule has 2 heterocycles. The van der Waals surface area contributed by atoms with Crippen molar-refractivity contribution < 1.29 is 9.59 Å². The first-order valence-electron chi connectivity index (χ1n) is 8.69. The van der Waals surface area contributed by atoms with Crippen molar-refractivity contribution in [3.8, 4) is 0 Å². The molecule has 1 unspecified atom stereocenters. The lowest BCUT2D eigenvalue weighted by molar-refractivity contribution is -0.128. The van der Waals surface area contributed by atoms with Gasteiger partial charge in [-0.15, -0.1) is 0 Å². The molecule has 0 aliphatic carbocycles. The Morgan fingerprint density at radius 3 is 2.81 bits per heavy atom. The van der Waals surface area contributed by atoms with Gasteiger partial charge in [0.1, 0.15) is 0 Å². The Balaban J connectivity index is 1.63. The van der Waals surface area contributed by atoms with Gasteiger partial charge in [-0.05, 0) is 43.2 Å². The number of hydrogen-bond acceptors (Lipinski definition) is 5. The molecule has 0 fully saturated rings. The summed E-state index contributed by atoms with van der Waals surface area (Å²) in [5.74, 6) is -0.591. The molecule has 1 aliphatic rings. The average Bonchev–Trinajstić information content (AvgIpc) is 3.07. The van der Waals surface area contributed by atoms with E-state index in [4.69, 9.17) is 0 Å². The second-order valence-electron chi connectivity index (χ2n) is 6.60. The third-order valence-corrected chi connectivity index (χ3v) is 7.04. The summed E-state index contributed by atoms with van der Waals surface area (Å²) in [6.45, 7) is 3.77. The Kier molecular flexibility index (Phi) is 4.44. The van der Waals surface area contributed by atoms with Gasteiger partial charge in [-0.1, -0.05) is 48.2 Å². The van der Waals surface area contributed by atoms with Crippen LogP contribution in [0.15, 0.2) is 47.4 Å². The first-order chi connectivity index (χ1) is 12.9. The maximum Gasteiger partial charge on any atom is 0.252 e. The molecule has 7 heteroatoms. The summed E-state index contributed by atoms with van der Waals surface area (Å²) in [5, 5.41) is 3.37. The van der Waals surface area contributed by atoms with Crippen LogP contribution in [0.3, 0.4) is 0 Å². The Hall–Kier alpha value is -2.38. The molecule has 138 valence electrons. The van der Waals surface area contributed by atoms with E-state index in [1.807, 2.05) is 36.4 Å². The van der Waals surface area contributed by atoms with Crippen LogP contribution in [0.1, 0.15) is 19.4 Å². The van der Waals surface area contributed by atoms with Crippen molar-refractivity contribution in [1.82, 2.24) is 4.98 Å². The number of nitrogens with one attached hydrogen (secondary N) is 1. The zero-order valence-electron chi connectivity index (χ0n) is 15.3. The Morgan fingerprint density at radius 1 is 1.26 bits per heavy atom. The smallest absolute Gasteiger partial charge is 0.252 e. The standard InChI is InChI=1S/C20H19N3O2S2/c1-4-12-9-10-13-16(11-12)26-19(21-13)22-17(24)20(2)18(25)23(3)14-7-5-6-8-15(14)27-20/h5-11H,4H2,1-3H3,(H,21,22,24). The summed E-state index contributed by atoms with van der Waals surface area (Å²) in [7, 11) is 1.70. The van der Waals surface area contributed by atoms with Gasteiger partial charge in [0.15, 0.2) is 9.88 Å². The molecule has 1 aromatic heterocycles. The van der Waals surface area contributed by atoms with Crippen molar-refractivity contribution in [2.24, 2.45) is 0 Å². The van der Waals surface area contributed by atoms with E-state index < -0.39 is 4.75 Å². The number of para-hydroxylation sites is 1. The third-order valence-electron chi connectivity index (χ3n) is 4.77. The average molecular weight is 398 g/mol. The van der Waals surface area contributed by atoms with Crippen LogP contribution in [0.4, 0.5) is 10.8 Å². The Morgan fingerprint density at radius 2 is 2.04 bits per heavy atom. The Labute approximate surface area is 165 Å². The first kappa shape index (κ1) is 18.0. The van der Waals surface area contributed by atoms with E-state index in [1.54, 1.807) is 18.9 Å². The second kappa shape index (κ2) is 6.65. The van der Waals surface area contributed by atoms with Crippen molar-refractivity contribution >= 4 is 55.9 Å².